The van der Waals surface area contributed by atoms with Gasteiger partial charge in [-0.2, -0.15) is 4.31 Å². The molecule has 0 bridgehead atoms. The van der Waals surface area contributed by atoms with Crippen molar-refractivity contribution in [3.8, 4) is 5.75 Å². The maximum Gasteiger partial charge on any atom is 0.260 e. The number of anilines is 1. The number of para-hydroxylation sites is 1. The fourth-order valence-corrected chi connectivity index (χ4v) is 6.03. The van der Waals surface area contributed by atoms with Gasteiger partial charge in [-0.05, 0) is 70.3 Å². The van der Waals surface area contributed by atoms with Crippen LogP contribution in [0.1, 0.15) is 30.1 Å². The van der Waals surface area contributed by atoms with Gasteiger partial charge in [-0.3, -0.25) is 9.69 Å². The summed E-state index contributed by atoms with van der Waals surface area (Å²) in [5.41, 5.74) is 1.15. The van der Waals surface area contributed by atoms with Crippen LogP contribution < -0.4 is 9.64 Å². The van der Waals surface area contributed by atoms with E-state index in [-0.39, 0.29) is 16.8 Å². The van der Waals surface area contributed by atoms with E-state index in [1.54, 1.807) is 24.1 Å². The molecule has 1 aliphatic carbocycles. The Morgan fingerprint density at radius 3 is 2.41 bits per heavy atom. The molecule has 34 heavy (non-hydrogen) atoms. The van der Waals surface area contributed by atoms with Crippen molar-refractivity contribution in [1.29, 1.82) is 0 Å². The van der Waals surface area contributed by atoms with Crippen LogP contribution in [0.15, 0.2) is 47.4 Å². The number of thiazole rings is 1. The molecule has 0 unspecified atom stereocenters. The highest BCUT2D eigenvalue weighted by Crippen LogP contribution is 2.35. The average molecular weight is 503 g/mol. The summed E-state index contributed by atoms with van der Waals surface area (Å²) < 4.78 is 33.7. The van der Waals surface area contributed by atoms with Crippen LogP contribution in [0.2, 0.25) is 0 Å². The zero-order valence-electron chi connectivity index (χ0n) is 19.9. The molecule has 8 nitrogen and oxygen atoms in total. The van der Waals surface area contributed by atoms with E-state index < -0.39 is 10.0 Å². The molecule has 182 valence electrons. The van der Waals surface area contributed by atoms with Crippen molar-refractivity contribution in [1.82, 2.24) is 14.2 Å². The summed E-state index contributed by atoms with van der Waals surface area (Å²) in [5.74, 6) is 0.468. The predicted molar refractivity (Wildman–Crippen MR) is 135 cm³/mol. The number of hydrogen-bond donors (Lipinski definition) is 0. The lowest BCUT2D eigenvalue weighted by atomic mass is 10.2. The Bertz CT molecular complexity index is 1270. The number of fused-ring (bicyclic) bond motifs is 1. The number of sulfonamides is 1. The van der Waals surface area contributed by atoms with Gasteiger partial charge < -0.3 is 9.64 Å². The number of rotatable bonds is 10. The third-order valence-electron chi connectivity index (χ3n) is 5.76. The molecule has 0 atom stereocenters. The summed E-state index contributed by atoms with van der Waals surface area (Å²) in [6, 6.07) is 12.0. The number of amides is 1. The first-order chi connectivity index (χ1) is 16.2. The van der Waals surface area contributed by atoms with Crippen LogP contribution in [0.3, 0.4) is 0 Å². The first-order valence-corrected chi connectivity index (χ1v) is 13.5. The number of benzene rings is 2. The molecule has 1 saturated carbocycles. The Labute approximate surface area is 204 Å². The summed E-state index contributed by atoms with van der Waals surface area (Å²) in [6.45, 7) is 3.55. The van der Waals surface area contributed by atoms with Crippen LogP contribution in [0.25, 0.3) is 10.2 Å². The lowest BCUT2D eigenvalue weighted by molar-refractivity contribution is 0.0985. The fourth-order valence-electron chi connectivity index (χ4n) is 3.61. The van der Waals surface area contributed by atoms with Crippen molar-refractivity contribution in [2.45, 2.75) is 30.7 Å². The van der Waals surface area contributed by atoms with Crippen LogP contribution >= 0.6 is 11.3 Å². The van der Waals surface area contributed by atoms with E-state index in [2.05, 4.69) is 0 Å². The molecule has 4 rings (SSSR count). The maximum atomic E-state index is 13.5. The number of carbonyl (C=O) groups excluding carboxylic acids is 1. The van der Waals surface area contributed by atoms with Crippen molar-refractivity contribution in [3.05, 3.63) is 48.0 Å². The Morgan fingerprint density at radius 2 is 1.79 bits per heavy atom. The maximum absolute atomic E-state index is 13.5. The normalized spacial score (nSPS) is 14.2. The Kier molecular flexibility index (Phi) is 7.22. The Morgan fingerprint density at radius 1 is 1.09 bits per heavy atom. The lowest BCUT2D eigenvalue weighted by Gasteiger charge is -2.22. The number of likely N-dealkylation sites (N-methyl/N-ethyl adjacent to an activating group) is 1. The molecular weight excluding hydrogens is 472 g/mol. The number of ether oxygens (including phenoxy) is 1. The molecule has 1 aromatic heterocycles. The van der Waals surface area contributed by atoms with Crippen molar-refractivity contribution in [2.24, 2.45) is 0 Å². The third-order valence-corrected chi connectivity index (χ3v) is 8.72. The second-order valence-electron chi connectivity index (χ2n) is 8.57. The summed E-state index contributed by atoms with van der Waals surface area (Å²) in [6.07, 6.45) is 1.78. The molecule has 0 radical (unpaired) electrons. The van der Waals surface area contributed by atoms with E-state index in [0.29, 0.717) is 36.1 Å². The first kappa shape index (κ1) is 24.6. The SMILES string of the molecule is CCOc1cccc2sc(N(CCN(C)C)C(=O)c3ccc(S(=O)(=O)N(C)C4CC4)cc3)nc12. The highest BCUT2D eigenvalue weighted by atomic mass is 32.2. The van der Waals surface area contributed by atoms with Gasteiger partial charge in [0.1, 0.15) is 11.3 Å². The molecule has 1 aliphatic rings. The summed E-state index contributed by atoms with van der Waals surface area (Å²) >= 11 is 1.43. The van der Waals surface area contributed by atoms with Crippen LogP contribution in [0.5, 0.6) is 5.75 Å². The van der Waals surface area contributed by atoms with E-state index in [1.165, 1.54) is 27.8 Å². The van der Waals surface area contributed by atoms with Gasteiger partial charge in [-0.15, -0.1) is 0 Å². The van der Waals surface area contributed by atoms with E-state index in [4.69, 9.17) is 9.72 Å². The second-order valence-corrected chi connectivity index (χ2v) is 11.6. The fraction of sp³-hybridized carbons (Fsp3) is 0.417. The molecule has 10 heteroatoms. The van der Waals surface area contributed by atoms with Crippen molar-refractivity contribution < 1.29 is 17.9 Å². The second kappa shape index (κ2) is 9.99. The molecule has 0 spiro atoms. The third kappa shape index (κ3) is 5.10. The molecule has 1 heterocycles. The zero-order valence-corrected chi connectivity index (χ0v) is 21.5. The summed E-state index contributed by atoms with van der Waals surface area (Å²) in [4.78, 5) is 22.1. The topological polar surface area (TPSA) is 83.0 Å². The Balaban J connectivity index is 1.64. The molecule has 2 aromatic carbocycles. The summed E-state index contributed by atoms with van der Waals surface area (Å²) in [7, 11) is 1.94. The van der Waals surface area contributed by atoms with Gasteiger partial charge in [0.25, 0.3) is 5.91 Å². The van der Waals surface area contributed by atoms with Gasteiger partial charge in [0.2, 0.25) is 10.0 Å². The quantitative estimate of drug-likeness (QED) is 0.421. The molecule has 3 aromatic rings. The van der Waals surface area contributed by atoms with Gasteiger partial charge in [0.15, 0.2) is 5.13 Å². The van der Waals surface area contributed by atoms with Gasteiger partial charge in [0, 0.05) is 31.7 Å². The lowest BCUT2D eigenvalue weighted by Crippen LogP contribution is -2.36. The van der Waals surface area contributed by atoms with Crippen molar-refractivity contribution >= 4 is 42.6 Å². The molecule has 0 saturated heterocycles. The van der Waals surface area contributed by atoms with E-state index in [1.807, 2.05) is 44.1 Å². The minimum absolute atomic E-state index is 0.0773. The smallest absolute Gasteiger partial charge is 0.260 e. The molecular formula is C24H30N4O4S2. The number of nitrogens with zero attached hydrogens (tertiary/aromatic N) is 4. The van der Waals surface area contributed by atoms with Gasteiger partial charge in [-0.25, -0.2) is 13.4 Å². The van der Waals surface area contributed by atoms with E-state index in [0.717, 1.165) is 23.1 Å². The highest BCUT2D eigenvalue weighted by Gasteiger charge is 2.35. The molecule has 0 aliphatic heterocycles. The molecule has 1 amide bonds. The molecule has 1 fully saturated rings. The Hall–Kier alpha value is -2.53. The standard InChI is InChI=1S/C24H30N4O4S2/c1-5-32-20-7-6-8-21-22(20)25-24(33-21)28(16-15-26(2)3)23(29)17-9-13-19(14-10-17)34(30,31)27(4)18-11-12-18/h6-10,13-14,18H,5,11-12,15-16H2,1-4H3. The zero-order chi connectivity index (χ0) is 24.5. The summed E-state index contributed by atoms with van der Waals surface area (Å²) in [5, 5.41) is 0.583. The minimum Gasteiger partial charge on any atom is -0.492 e. The minimum atomic E-state index is -3.56. The number of aromatic nitrogens is 1. The highest BCUT2D eigenvalue weighted by molar-refractivity contribution is 7.89. The van der Waals surface area contributed by atoms with E-state index >= 15 is 0 Å². The van der Waals surface area contributed by atoms with Crippen LogP contribution in [0, 0.1) is 0 Å². The monoisotopic (exact) mass is 502 g/mol. The van der Waals surface area contributed by atoms with Crippen LogP contribution in [-0.2, 0) is 10.0 Å². The van der Waals surface area contributed by atoms with Crippen molar-refractivity contribution in [3.63, 3.8) is 0 Å². The van der Waals surface area contributed by atoms with Gasteiger partial charge in [0.05, 0.1) is 16.2 Å². The van der Waals surface area contributed by atoms with Gasteiger partial charge >= 0.3 is 0 Å². The molecule has 0 N–H and O–H groups in total. The number of carbonyl (C=O) groups is 1. The van der Waals surface area contributed by atoms with Crippen LogP contribution in [-0.4, -0.2) is 75.4 Å². The van der Waals surface area contributed by atoms with Crippen molar-refractivity contribution in [2.75, 3.05) is 45.7 Å². The first-order valence-electron chi connectivity index (χ1n) is 11.3. The van der Waals surface area contributed by atoms with Gasteiger partial charge in [-0.1, -0.05) is 17.4 Å². The largest absolute Gasteiger partial charge is 0.492 e. The van der Waals surface area contributed by atoms with E-state index in [9.17, 15) is 13.2 Å². The average Bonchev–Trinajstić information content (AvgIpc) is 3.57. The van der Waals surface area contributed by atoms with Crippen LogP contribution in [0.4, 0.5) is 5.13 Å². The number of hydrogen-bond acceptors (Lipinski definition) is 7. The predicted octanol–water partition coefficient (Wildman–Crippen LogP) is 3.69.